The van der Waals surface area contributed by atoms with Crippen molar-refractivity contribution in [3.05, 3.63) is 0 Å². The molecule has 0 saturated carbocycles. The van der Waals surface area contributed by atoms with Crippen LogP contribution in [0.25, 0.3) is 0 Å². The van der Waals surface area contributed by atoms with Crippen molar-refractivity contribution in [1.29, 1.82) is 0 Å². The highest BCUT2D eigenvalue weighted by atomic mass is 31.2. The molecule has 0 aromatic rings. The standard InChI is InChI=1S/C60H116O17P2/c1-9-53(8)39-31-23-12-10-11-13-26-34-42-59(64)76-55(46-70-57(62)40-32-24-17-14-20-28-36-50(2)3)48-74-78(66,67)72-44-54(61)45-73-79(68,69)75-49-56(77-60(65)43-35-27-19-16-22-30-38-52(6)7)47-71-58(63)41-33-25-18-15-21-29-37-51(4)5/h50-56,61H,9-49H2,1-8H3,(H,66,67)(H,68,69)/t53?,54-,55-,56-/m1/s1. The maximum Gasteiger partial charge on any atom is 0.472 e. The number of rotatable bonds is 57. The first-order valence-electron chi connectivity index (χ1n) is 31.2. The van der Waals surface area contributed by atoms with Crippen LogP contribution < -0.4 is 0 Å². The summed E-state index contributed by atoms with van der Waals surface area (Å²) in [4.78, 5) is 71.9. The fourth-order valence-electron chi connectivity index (χ4n) is 8.69. The normalized spacial score (nSPS) is 14.9. The fourth-order valence-corrected chi connectivity index (χ4v) is 10.3. The smallest absolute Gasteiger partial charge is 0.462 e. The zero-order chi connectivity index (χ0) is 59.0. The van der Waals surface area contributed by atoms with Gasteiger partial charge in [-0.3, -0.25) is 37.3 Å². The molecule has 3 unspecified atom stereocenters. The first-order valence-corrected chi connectivity index (χ1v) is 34.2. The van der Waals surface area contributed by atoms with E-state index in [1.807, 2.05) is 0 Å². The molecular formula is C60H116O17P2. The molecule has 0 spiro atoms. The zero-order valence-electron chi connectivity index (χ0n) is 51.0. The maximum absolute atomic E-state index is 12.9. The molecule has 3 N–H and O–H groups in total. The van der Waals surface area contributed by atoms with Crippen molar-refractivity contribution in [1.82, 2.24) is 0 Å². The average molecular weight is 1170 g/mol. The number of carbonyl (C=O) groups is 4. The van der Waals surface area contributed by atoms with Crippen LogP contribution in [0, 0.1) is 23.7 Å². The summed E-state index contributed by atoms with van der Waals surface area (Å²) in [6.07, 6.45) is 28.4. The predicted octanol–water partition coefficient (Wildman–Crippen LogP) is 15.8. The second kappa shape index (κ2) is 50.6. The van der Waals surface area contributed by atoms with Crippen LogP contribution in [0.1, 0.15) is 280 Å². The summed E-state index contributed by atoms with van der Waals surface area (Å²) in [5.41, 5.74) is 0. The molecule has 0 fully saturated rings. The maximum atomic E-state index is 12.9. The number of hydrogen-bond acceptors (Lipinski definition) is 15. The highest BCUT2D eigenvalue weighted by molar-refractivity contribution is 7.47. The van der Waals surface area contributed by atoms with Crippen molar-refractivity contribution in [2.75, 3.05) is 39.6 Å². The van der Waals surface area contributed by atoms with E-state index in [-0.39, 0.29) is 25.7 Å². The van der Waals surface area contributed by atoms with Crippen LogP contribution in [0.4, 0.5) is 0 Å². The van der Waals surface area contributed by atoms with E-state index in [0.29, 0.717) is 43.4 Å². The van der Waals surface area contributed by atoms with Crippen LogP contribution in [0.2, 0.25) is 0 Å². The van der Waals surface area contributed by atoms with Crippen LogP contribution in [0.3, 0.4) is 0 Å². The fraction of sp³-hybridized carbons (Fsp3) is 0.933. The van der Waals surface area contributed by atoms with Crippen LogP contribution in [-0.2, 0) is 65.4 Å². The molecule has 6 atom stereocenters. The van der Waals surface area contributed by atoms with Gasteiger partial charge < -0.3 is 33.8 Å². The lowest BCUT2D eigenvalue weighted by atomic mass is 9.99. The molecule has 0 aliphatic rings. The highest BCUT2D eigenvalue weighted by Crippen LogP contribution is 2.45. The monoisotopic (exact) mass is 1170 g/mol. The molecule has 0 aromatic carbocycles. The summed E-state index contributed by atoms with van der Waals surface area (Å²) in [6, 6.07) is 0. The topological polar surface area (TPSA) is 237 Å². The van der Waals surface area contributed by atoms with Crippen LogP contribution in [0.5, 0.6) is 0 Å². The lowest BCUT2D eigenvalue weighted by molar-refractivity contribution is -0.161. The van der Waals surface area contributed by atoms with Gasteiger partial charge >= 0.3 is 39.5 Å². The molecule has 17 nitrogen and oxygen atoms in total. The van der Waals surface area contributed by atoms with Crippen molar-refractivity contribution in [2.24, 2.45) is 23.7 Å². The van der Waals surface area contributed by atoms with Gasteiger partial charge in [0.1, 0.15) is 19.3 Å². The van der Waals surface area contributed by atoms with E-state index in [0.717, 1.165) is 109 Å². The third-order valence-corrected chi connectivity index (χ3v) is 15.8. The quantitative estimate of drug-likeness (QED) is 0.0222. The number of aliphatic hydroxyl groups excluding tert-OH is 1. The van der Waals surface area contributed by atoms with Gasteiger partial charge in [0, 0.05) is 25.7 Å². The summed E-state index contributed by atoms with van der Waals surface area (Å²) < 4.78 is 67.7. The number of ether oxygens (including phenoxy) is 4. The van der Waals surface area contributed by atoms with Gasteiger partial charge in [0.15, 0.2) is 12.2 Å². The molecule has 0 aliphatic heterocycles. The van der Waals surface area contributed by atoms with E-state index in [1.54, 1.807) is 0 Å². The van der Waals surface area contributed by atoms with Crippen LogP contribution in [0.15, 0.2) is 0 Å². The molecule has 0 heterocycles. The van der Waals surface area contributed by atoms with Gasteiger partial charge in [-0.05, 0) is 49.4 Å². The van der Waals surface area contributed by atoms with Gasteiger partial charge in [0.25, 0.3) is 0 Å². The first kappa shape index (κ1) is 77.1. The number of hydrogen-bond donors (Lipinski definition) is 3. The van der Waals surface area contributed by atoms with Crippen molar-refractivity contribution in [2.45, 2.75) is 298 Å². The second-order valence-electron chi connectivity index (χ2n) is 23.4. The Morgan fingerprint density at radius 3 is 0.899 bits per heavy atom. The van der Waals surface area contributed by atoms with E-state index in [1.165, 1.54) is 70.6 Å². The molecule has 468 valence electrons. The Balaban J connectivity index is 5.25. The molecule has 19 heteroatoms. The van der Waals surface area contributed by atoms with Gasteiger partial charge in [0.05, 0.1) is 26.4 Å². The SMILES string of the molecule is CCC(C)CCCCCCCCCCC(=O)O[C@H](COC(=O)CCCCCCCCC(C)C)COP(=O)(O)OC[C@@H](O)COP(=O)(O)OC[C@@H](COC(=O)CCCCCCCCC(C)C)OC(=O)CCCCCCCCC(C)C. The second-order valence-corrected chi connectivity index (χ2v) is 26.3. The van der Waals surface area contributed by atoms with Gasteiger partial charge in [-0.15, -0.1) is 0 Å². The number of phosphoric ester groups is 2. The first-order chi connectivity index (χ1) is 37.6. The van der Waals surface area contributed by atoms with Crippen LogP contribution >= 0.6 is 15.6 Å². The zero-order valence-corrected chi connectivity index (χ0v) is 52.8. The Morgan fingerprint density at radius 2 is 0.608 bits per heavy atom. The van der Waals surface area contributed by atoms with Gasteiger partial charge in [-0.25, -0.2) is 9.13 Å². The van der Waals surface area contributed by atoms with Crippen LogP contribution in [-0.4, -0.2) is 96.7 Å². The minimum Gasteiger partial charge on any atom is -0.462 e. The Kier molecular flexibility index (Phi) is 49.3. The van der Waals surface area contributed by atoms with Crippen molar-refractivity contribution >= 4 is 39.5 Å². The summed E-state index contributed by atoms with van der Waals surface area (Å²) in [5.74, 6) is 0.645. The van der Waals surface area contributed by atoms with E-state index < -0.39 is 97.5 Å². The van der Waals surface area contributed by atoms with E-state index in [2.05, 4.69) is 55.4 Å². The molecule has 0 amide bonds. The summed E-state index contributed by atoms with van der Waals surface area (Å²) >= 11 is 0. The Bertz CT molecular complexity index is 1600. The third-order valence-electron chi connectivity index (χ3n) is 13.9. The average Bonchev–Trinajstić information content (AvgIpc) is 3.39. The number of unbranched alkanes of at least 4 members (excludes halogenated alkanes) is 22. The summed E-state index contributed by atoms with van der Waals surface area (Å²) in [6.45, 7) is 13.8. The van der Waals surface area contributed by atoms with Crippen molar-refractivity contribution in [3.8, 4) is 0 Å². The molecule has 0 bridgehead atoms. The van der Waals surface area contributed by atoms with E-state index in [9.17, 15) is 43.2 Å². The summed E-state index contributed by atoms with van der Waals surface area (Å²) in [7, 11) is -9.88. The Morgan fingerprint density at radius 1 is 0.354 bits per heavy atom. The minimum absolute atomic E-state index is 0.100. The molecule has 0 aliphatic carbocycles. The number of carbonyl (C=O) groups excluding carboxylic acids is 4. The lowest BCUT2D eigenvalue weighted by Crippen LogP contribution is -2.30. The summed E-state index contributed by atoms with van der Waals surface area (Å²) in [5, 5.41) is 10.5. The molecule has 0 saturated heterocycles. The Labute approximate surface area is 479 Å². The lowest BCUT2D eigenvalue weighted by Gasteiger charge is -2.21. The minimum atomic E-state index is -4.94. The van der Waals surface area contributed by atoms with Gasteiger partial charge in [-0.1, -0.05) is 229 Å². The number of esters is 4. The molecule has 79 heavy (non-hydrogen) atoms. The third kappa shape index (κ3) is 53.8. The number of phosphoric acid groups is 2. The van der Waals surface area contributed by atoms with Crippen molar-refractivity contribution < 1.29 is 80.2 Å². The molecule has 0 aromatic heterocycles. The molecule has 0 rings (SSSR count). The Hall–Kier alpha value is -1.94. The highest BCUT2D eigenvalue weighted by Gasteiger charge is 2.30. The van der Waals surface area contributed by atoms with E-state index >= 15 is 0 Å². The number of aliphatic hydroxyl groups is 1. The predicted molar refractivity (Wildman–Crippen MR) is 312 cm³/mol. The van der Waals surface area contributed by atoms with Crippen molar-refractivity contribution in [3.63, 3.8) is 0 Å². The molecular weight excluding hydrogens is 1050 g/mol. The largest absolute Gasteiger partial charge is 0.472 e. The van der Waals surface area contributed by atoms with Gasteiger partial charge in [0.2, 0.25) is 0 Å². The van der Waals surface area contributed by atoms with E-state index in [4.69, 9.17) is 37.0 Å². The molecule has 0 radical (unpaired) electrons. The van der Waals surface area contributed by atoms with Gasteiger partial charge in [-0.2, -0.15) is 0 Å².